The molecule has 0 fully saturated rings. The van der Waals surface area contributed by atoms with Crippen LogP contribution in [0.15, 0.2) is 65.6 Å². The number of anilines is 2. The Balaban J connectivity index is 1.83. The summed E-state index contributed by atoms with van der Waals surface area (Å²) in [5, 5.41) is 2.52. The molecule has 31 heavy (non-hydrogen) atoms. The Labute approximate surface area is 185 Å². The molecule has 0 aliphatic rings. The number of aromatic nitrogens is 1. The normalized spacial score (nSPS) is 11.8. The topological polar surface area (TPSA) is 88.2 Å². The van der Waals surface area contributed by atoms with Crippen LogP contribution in [-0.4, -0.2) is 19.3 Å². The molecule has 0 radical (unpaired) electrons. The van der Waals surface area contributed by atoms with Gasteiger partial charge in [-0.25, -0.2) is 13.4 Å². The van der Waals surface area contributed by atoms with Crippen LogP contribution < -0.4 is 10.0 Å². The predicted molar refractivity (Wildman–Crippen MR) is 111 cm³/mol. The summed E-state index contributed by atoms with van der Waals surface area (Å²) in [6, 6.07) is 11.7. The highest BCUT2D eigenvalue weighted by atomic mass is 35.5. The fourth-order valence-corrected chi connectivity index (χ4v) is 3.92. The number of nitrogens with zero attached hydrogens (tertiary/aromatic N) is 1. The van der Waals surface area contributed by atoms with Crippen molar-refractivity contribution in [3.8, 4) is 0 Å². The maximum Gasteiger partial charge on any atom is 0.416 e. The molecule has 6 nitrogen and oxygen atoms in total. The monoisotopic (exact) mass is 489 g/mol. The summed E-state index contributed by atoms with van der Waals surface area (Å²) >= 11 is 11.7. The van der Waals surface area contributed by atoms with Crippen molar-refractivity contribution in [1.29, 1.82) is 0 Å². The van der Waals surface area contributed by atoms with E-state index in [1.54, 1.807) is 0 Å². The first kappa shape index (κ1) is 22.9. The van der Waals surface area contributed by atoms with Crippen LogP contribution >= 0.6 is 23.2 Å². The first-order valence-electron chi connectivity index (χ1n) is 8.39. The number of halogens is 5. The van der Waals surface area contributed by atoms with Crippen LogP contribution in [0, 0.1) is 0 Å². The van der Waals surface area contributed by atoms with Crippen molar-refractivity contribution in [1.82, 2.24) is 4.98 Å². The summed E-state index contributed by atoms with van der Waals surface area (Å²) in [7, 11) is -4.24. The molecule has 12 heteroatoms. The van der Waals surface area contributed by atoms with Crippen LogP contribution in [0.4, 0.5) is 24.5 Å². The fourth-order valence-electron chi connectivity index (χ4n) is 2.48. The van der Waals surface area contributed by atoms with E-state index < -0.39 is 27.7 Å². The number of sulfonamides is 1. The molecule has 0 aliphatic carbocycles. The average Bonchev–Trinajstić information content (AvgIpc) is 2.69. The Morgan fingerprint density at radius 1 is 0.935 bits per heavy atom. The minimum Gasteiger partial charge on any atom is -0.321 e. The Hall–Kier alpha value is -2.82. The first-order chi connectivity index (χ1) is 14.5. The molecule has 0 aliphatic heterocycles. The van der Waals surface area contributed by atoms with Gasteiger partial charge in [-0.15, -0.1) is 0 Å². The Morgan fingerprint density at radius 3 is 2.32 bits per heavy atom. The zero-order valence-corrected chi connectivity index (χ0v) is 17.6. The number of nitrogens with one attached hydrogen (secondary N) is 2. The number of carbonyl (C=O) groups excluding carboxylic acids is 1. The lowest BCUT2D eigenvalue weighted by atomic mass is 10.2. The fraction of sp³-hybridized carbons (Fsp3) is 0.0526. The van der Waals surface area contributed by atoms with Gasteiger partial charge in [0.25, 0.3) is 15.9 Å². The van der Waals surface area contributed by atoms with E-state index in [1.807, 2.05) is 0 Å². The molecule has 2 aromatic carbocycles. The number of rotatable bonds is 5. The van der Waals surface area contributed by atoms with Crippen molar-refractivity contribution in [3.63, 3.8) is 0 Å². The van der Waals surface area contributed by atoms with Crippen molar-refractivity contribution >= 4 is 50.5 Å². The van der Waals surface area contributed by atoms with Crippen LogP contribution in [-0.2, 0) is 16.2 Å². The lowest BCUT2D eigenvalue weighted by molar-refractivity contribution is -0.137. The van der Waals surface area contributed by atoms with E-state index in [-0.39, 0.29) is 32.1 Å². The van der Waals surface area contributed by atoms with Crippen molar-refractivity contribution in [2.24, 2.45) is 0 Å². The Morgan fingerprint density at radius 2 is 1.61 bits per heavy atom. The molecule has 1 aromatic heterocycles. The molecule has 0 spiro atoms. The standard InChI is InChI=1S/C19H12Cl2F3N3O3S/c20-15-7-8-16(21)26-17(15)18(28)25-12-4-2-6-14(10-12)31(29,30)27-13-5-1-3-11(9-13)19(22,23)24/h1-10,27H,(H,25,28). The predicted octanol–water partition coefficient (Wildman–Crippen LogP) is 5.46. The number of hydrogen-bond donors (Lipinski definition) is 2. The SMILES string of the molecule is O=C(Nc1cccc(S(=O)(=O)Nc2cccc(C(F)(F)F)c2)c1)c1nc(Cl)ccc1Cl. The molecular formula is C19H12Cl2F3N3O3S. The van der Waals surface area contributed by atoms with Gasteiger partial charge in [0.05, 0.1) is 15.5 Å². The highest BCUT2D eigenvalue weighted by Gasteiger charge is 2.30. The average molecular weight is 490 g/mol. The highest BCUT2D eigenvalue weighted by Crippen LogP contribution is 2.31. The third-order valence-electron chi connectivity index (χ3n) is 3.87. The second-order valence-electron chi connectivity index (χ2n) is 6.13. The first-order valence-corrected chi connectivity index (χ1v) is 10.6. The van der Waals surface area contributed by atoms with Gasteiger partial charge < -0.3 is 5.32 Å². The largest absolute Gasteiger partial charge is 0.416 e. The maximum atomic E-state index is 12.9. The van der Waals surface area contributed by atoms with Crippen LogP contribution in [0.3, 0.4) is 0 Å². The van der Waals surface area contributed by atoms with Gasteiger partial charge in [0.15, 0.2) is 0 Å². The molecule has 0 atom stereocenters. The second-order valence-corrected chi connectivity index (χ2v) is 8.61. The molecule has 0 unspecified atom stereocenters. The second kappa shape index (κ2) is 8.74. The minimum atomic E-state index is -4.62. The lowest BCUT2D eigenvalue weighted by Gasteiger charge is -2.12. The summed E-state index contributed by atoms with van der Waals surface area (Å²) in [5.41, 5.74) is -1.34. The summed E-state index contributed by atoms with van der Waals surface area (Å²) in [6.45, 7) is 0. The molecular weight excluding hydrogens is 478 g/mol. The van der Waals surface area contributed by atoms with Gasteiger partial charge in [0.2, 0.25) is 0 Å². The number of hydrogen-bond acceptors (Lipinski definition) is 4. The van der Waals surface area contributed by atoms with E-state index in [0.29, 0.717) is 6.07 Å². The van der Waals surface area contributed by atoms with Crippen LogP contribution in [0.2, 0.25) is 10.2 Å². The zero-order valence-electron chi connectivity index (χ0n) is 15.2. The van der Waals surface area contributed by atoms with Crippen LogP contribution in [0.5, 0.6) is 0 Å². The number of alkyl halides is 3. The van der Waals surface area contributed by atoms with Gasteiger partial charge in [-0.3, -0.25) is 9.52 Å². The molecule has 2 N–H and O–H groups in total. The third-order valence-corrected chi connectivity index (χ3v) is 5.77. The molecule has 0 saturated heterocycles. The van der Waals surface area contributed by atoms with Crippen molar-refractivity contribution in [3.05, 3.63) is 82.1 Å². The summed E-state index contributed by atoms with van der Waals surface area (Å²) in [6.07, 6.45) is -4.62. The van der Waals surface area contributed by atoms with E-state index in [2.05, 4.69) is 15.0 Å². The third kappa shape index (κ3) is 5.66. The summed E-state index contributed by atoms with van der Waals surface area (Å²) < 4.78 is 65.9. The van der Waals surface area contributed by atoms with Gasteiger partial charge >= 0.3 is 6.18 Å². The van der Waals surface area contributed by atoms with Gasteiger partial charge in [-0.05, 0) is 48.5 Å². The van der Waals surface area contributed by atoms with Crippen LogP contribution in [0.25, 0.3) is 0 Å². The van der Waals surface area contributed by atoms with E-state index in [4.69, 9.17) is 23.2 Å². The summed E-state index contributed by atoms with van der Waals surface area (Å²) in [5.74, 6) is -0.729. The van der Waals surface area contributed by atoms with Gasteiger partial charge in [0, 0.05) is 11.4 Å². The van der Waals surface area contributed by atoms with Crippen LogP contribution in [0.1, 0.15) is 16.1 Å². The van der Waals surface area contributed by atoms with E-state index in [0.717, 1.165) is 18.2 Å². The number of benzene rings is 2. The molecule has 3 aromatic rings. The lowest BCUT2D eigenvalue weighted by Crippen LogP contribution is -2.16. The molecule has 1 heterocycles. The summed E-state index contributed by atoms with van der Waals surface area (Å²) in [4.78, 5) is 15.9. The van der Waals surface area contributed by atoms with Crippen molar-refractivity contribution in [2.45, 2.75) is 11.1 Å². The molecule has 3 rings (SSSR count). The number of amides is 1. The molecule has 0 bridgehead atoms. The number of carbonyl (C=O) groups is 1. The van der Waals surface area contributed by atoms with E-state index in [9.17, 15) is 26.4 Å². The minimum absolute atomic E-state index is 0.0381. The molecule has 0 saturated carbocycles. The van der Waals surface area contributed by atoms with Gasteiger partial charge in [0.1, 0.15) is 10.8 Å². The smallest absolute Gasteiger partial charge is 0.321 e. The Kier molecular flexibility index (Phi) is 6.44. The number of pyridine rings is 1. The highest BCUT2D eigenvalue weighted by molar-refractivity contribution is 7.92. The van der Waals surface area contributed by atoms with Gasteiger partial charge in [-0.2, -0.15) is 13.2 Å². The van der Waals surface area contributed by atoms with E-state index >= 15 is 0 Å². The van der Waals surface area contributed by atoms with Crippen molar-refractivity contribution < 1.29 is 26.4 Å². The molecule has 1 amide bonds. The Bertz CT molecular complexity index is 1250. The maximum absolute atomic E-state index is 12.9. The van der Waals surface area contributed by atoms with Gasteiger partial charge in [-0.1, -0.05) is 35.3 Å². The van der Waals surface area contributed by atoms with E-state index in [1.165, 1.54) is 36.4 Å². The zero-order chi connectivity index (χ0) is 22.8. The molecule has 162 valence electrons. The quantitative estimate of drug-likeness (QED) is 0.465. The van der Waals surface area contributed by atoms with Crippen molar-refractivity contribution in [2.75, 3.05) is 10.0 Å².